The summed E-state index contributed by atoms with van der Waals surface area (Å²) in [6, 6.07) is 2.51. The van der Waals surface area contributed by atoms with Gasteiger partial charge in [-0.3, -0.25) is 9.69 Å². The summed E-state index contributed by atoms with van der Waals surface area (Å²) in [4.78, 5) is 13.4. The van der Waals surface area contributed by atoms with Crippen LogP contribution in [0.2, 0.25) is 0 Å². The molecule has 1 aliphatic rings. The van der Waals surface area contributed by atoms with Crippen molar-refractivity contribution in [2.45, 2.75) is 32.2 Å². The van der Waals surface area contributed by atoms with E-state index in [4.69, 9.17) is 5.26 Å². The second-order valence-corrected chi connectivity index (χ2v) is 3.62. The molecule has 0 aromatic carbocycles. The lowest BCUT2D eigenvalue weighted by molar-refractivity contribution is -0.122. The zero-order valence-electron chi connectivity index (χ0n) is 8.62. The van der Waals surface area contributed by atoms with Gasteiger partial charge in [0, 0.05) is 19.0 Å². The van der Waals surface area contributed by atoms with Gasteiger partial charge < -0.3 is 5.32 Å². The number of hydrogen-bond donors (Lipinski definition) is 1. The van der Waals surface area contributed by atoms with E-state index < -0.39 is 0 Å². The standard InChI is InChI=1S/C10H17N3O/c1-2-13(7-3-6-11)8-10(14)12-9-4-5-9/h9H,2-5,7-8H2,1H3,(H,12,14). The van der Waals surface area contributed by atoms with Crippen LogP contribution in [0.4, 0.5) is 0 Å². The van der Waals surface area contributed by atoms with E-state index in [-0.39, 0.29) is 5.91 Å². The lowest BCUT2D eigenvalue weighted by atomic mass is 10.4. The van der Waals surface area contributed by atoms with E-state index in [1.165, 1.54) is 0 Å². The molecule has 0 heterocycles. The summed E-state index contributed by atoms with van der Waals surface area (Å²) < 4.78 is 0. The van der Waals surface area contributed by atoms with Crippen LogP contribution in [-0.4, -0.2) is 36.5 Å². The third-order valence-corrected chi connectivity index (χ3v) is 2.30. The molecule has 1 saturated carbocycles. The Morgan fingerprint density at radius 3 is 2.86 bits per heavy atom. The molecule has 0 aromatic heterocycles. The van der Waals surface area contributed by atoms with E-state index in [9.17, 15) is 4.79 Å². The third-order valence-electron chi connectivity index (χ3n) is 2.30. The molecule has 0 radical (unpaired) electrons. The molecule has 1 aliphatic carbocycles. The van der Waals surface area contributed by atoms with Gasteiger partial charge in [-0.2, -0.15) is 5.26 Å². The molecular weight excluding hydrogens is 178 g/mol. The zero-order valence-corrected chi connectivity index (χ0v) is 8.62. The monoisotopic (exact) mass is 195 g/mol. The molecular formula is C10H17N3O. The number of hydrogen-bond acceptors (Lipinski definition) is 3. The SMILES string of the molecule is CCN(CCC#N)CC(=O)NC1CC1. The lowest BCUT2D eigenvalue weighted by Crippen LogP contribution is -2.38. The summed E-state index contributed by atoms with van der Waals surface area (Å²) >= 11 is 0. The number of amides is 1. The number of carbonyl (C=O) groups excluding carboxylic acids is 1. The maximum Gasteiger partial charge on any atom is 0.234 e. The van der Waals surface area contributed by atoms with E-state index in [0.717, 1.165) is 19.4 Å². The first-order valence-electron chi connectivity index (χ1n) is 5.15. The number of rotatable bonds is 6. The Balaban J connectivity index is 2.17. The molecule has 1 N–H and O–H groups in total. The normalized spacial score (nSPS) is 15.2. The Labute approximate surface area is 84.9 Å². The van der Waals surface area contributed by atoms with Gasteiger partial charge in [0.15, 0.2) is 0 Å². The Morgan fingerprint density at radius 2 is 2.36 bits per heavy atom. The highest BCUT2D eigenvalue weighted by molar-refractivity contribution is 5.78. The van der Waals surface area contributed by atoms with Gasteiger partial charge in [-0.15, -0.1) is 0 Å². The van der Waals surface area contributed by atoms with Gasteiger partial charge >= 0.3 is 0 Å². The highest BCUT2D eigenvalue weighted by atomic mass is 16.2. The summed E-state index contributed by atoms with van der Waals surface area (Å²) in [7, 11) is 0. The number of nitrogens with one attached hydrogen (secondary N) is 1. The van der Waals surface area contributed by atoms with Crippen molar-refractivity contribution >= 4 is 5.91 Å². The van der Waals surface area contributed by atoms with Crippen molar-refractivity contribution in [3.8, 4) is 6.07 Å². The molecule has 14 heavy (non-hydrogen) atoms. The van der Waals surface area contributed by atoms with Gasteiger partial charge in [0.2, 0.25) is 5.91 Å². The maximum absolute atomic E-state index is 11.4. The summed E-state index contributed by atoms with van der Waals surface area (Å²) in [6.07, 6.45) is 2.73. The van der Waals surface area contributed by atoms with Crippen LogP contribution < -0.4 is 5.32 Å². The van der Waals surface area contributed by atoms with Crippen LogP contribution in [-0.2, 0) is 4.79 Å². The summed E-state index contributed by atoms with van der Waals surface area (Å²) in [5, 5.41) is 11.4. The fraction of sp³-hybridized carbons (Fsp3) is 0.800. The molecule has 0 saturated heterocycles. The number of likely N-dealkylation sites (N-methyl/N-ethyl adjacent to an activating group) is 1. The predicted octanol–water partition coefficient (Wildman–Crippen LogP) is 0.501. The topological polar surface area (TPSA) is 56.1 Å². The number of nitrogens with zero attached hydrogens (tertiary/aromatic N) is 2. The van der Waals surface area contributed by atoms with Crippen molar-refractivity contribution in [3.63, 3.8) is 0 Å². The third kappa shape index (κ3) is 4.24. The van der Waals surface area contributed by atoms with Crippen molar-refractivity contribution in [3.05, 3.63) is 0 Å². The van der Waals surface area contributed by atoms with Crippen LogP contribution in [0.25, 0.3) is 0 Å². The minimum Gasteiger partial charge on any atom is -0.352 e. The average molecular weight is 195 g/mol. The van der Waals surface area contributed by atoms with Gasteiger partial charge in [0.25, 0.3) is 0 Å². The fourth-order valence-electron chi connectivity index (χ4n) is 1.26. The summed E-state index contributed by atoms with van der Waals surface area (Å²) in [5.74, 6) is 0.0901. The van der Waals surface area contributed by atoms with E-state index in [2.05, 4.69) is 11.4 Å². The number of nitriles is 1. The van der Waals surface area contributed by atoms with Gasteiger partial charge in [0.1, 0.15) is 0 Å². The Morgan fingerprint density at radius 1 is 1.64 bits per heavy atom. The Kier molecular flexibility index (Phi) is 4.41. The fourth-order valence-corrected chi connectivity index (χ4v) is 1.26. The molecule has 0 spiro atoms. The summed E-state index contributed by atoms with van der Waals surface area (Å²) in [5.41, 5.74) is 0. The van der Waals surface area contributed by atoms with Crippen LogP contribution in [0.15, 0.2) is 0 Å². The highest BCUT2D eigenvalue weighted by Crippen LogP contribution is 2.18. The molecule has 4 nitrogen and oxygen atoms in total. The van der Waals surface area contributed by atoms with E-state index in [1.807, 2.05) is 11.8 Å². The Hall–Kier alpha value is -1.08. The van der Waals surface area contributed by atoms with Crippen molar-refractivity contribution < 1.29 is 4.79 Å². The van der Waals surface area contributed by atoms with Crippen LogP contribution in [0.1, 0.15) is 26.2 Å². The van der Waals surface area contributed by atoms with Crippen LogP contribution in [0.3, 0.4) is 0 Å². The van der Waals surface area contributed by atoms with Crippen LogP contribution >= 0.6 is 0 Å². The van der Waals surface area contributed by atoms with Crippen molar-refractivity contribution in [1.82, 2.24) is 10.2 Å². The first kappa shape index (κ1) is 11.0. The minimum absolute atomic E-state index is 0.0901. The first-order chi connectivity index (χ1) is 6.76. The molecule has 4 heteroatoms. The largest absolute Gasteiger partial charge is 0.352 e. The van der Waals surface area contributed by atoms with E-state index in [0.29, 0.717) is 25.6 Å². The molecule has 0 aliphatic heterocycles. The van der Waals surface area contributed by atoms with E-state index >= 15 is 0 Å². The molecule has 1 amide bonds. The molecule has 0 atom stereocenters. The summed E-state index contributed by atoms with van der Waals surface area (Å²) in [6.45, 7) is 3.93. The van der Waals surface area contributed by atoms with Crippen molar-refractivity contribution in [2.75, 3.05) is 19.6 Å². The predicted molar refractivity (Wildman–Crippen MR) is 53.5 cm³/mol. The van der Waals surface area contributed by atoms with Gasteiger partial charge in [-0.25, -0.2) is 0 Å². The first-order valence-corrected chi connectivity index (χ1v) is 5.15. The van der Waals surface area contributed by atoms with E-state index in [1.54, 1.807) is 0 Å². The quantitative estimate of drug-likeness (QED) is 0.671. The highest BCUT2D eigenvalue weighted by Gasteiger charge is 2.23. The Bertz CT molecular complexity index is 230. The molecule has 1 fully saturated rings. The molecule has 0 aromatic rings. The lowest BCUT2D eigenvalue weighted by Gasteiger charge is -2.17. The second kappa shape index (κ2) is 5.61. The van der Waals surface area contributed by atoms with Crippen LogP contribution in [0, 0.1) is 11.3 Å². The molecule has 1 rings (SSSR count). The molecule has 0 unspecified atom stereocenters. The van der Waals surface area contributed by atoms with Gasteiger partial charge in [-0.05, 0) is 19.4 Å². The minimum atomic E-state index is 0.0901. The molecule has 78 valence electrons. The van der Waals surface area contributed by atoms with Gasteiger partial charge in [0.05, 0.1) is 12.6 Å². The number of carbonyl (C=O) groups is 1. The van der Waals surface area contributed by atoms with Crippen LogP contribution in [0.5, 0.6) is 0 Å². The van der Waals surface area contributed by atoms with Crippen molar-refractivity contribution in [1.29, 1.82) is 5.26 Å². The van der Waals surface area contributed by atoms with Gasteiger partial charge in [-0.1, -0.05) is 6.92 Å². The average Bonchev–Trinajstić information content (AvgIpc) is 2.95. The smallest absolute Gasteiger partial charge is 0.234 e. The van der Waals surface area contributed by atoms with Crippen molar-refractivity contribution in [2.24, 2.45) is 0 Å². The zero-order chi connectivity index (χ0) is 10.4. The molecule has 0 bridgehead atoms. The maximum atomic E-state index is 11.4. The second-order valence-electron chi connectivity index (χ2n) is 3.62.